The number of hydrogen-bond donors (Lipinski definition) is 3. The molecule has 154 valence electrons. The van der Waals surface area contributed by atoms with Crippen molar-refractivity contribution in [2.24, 2.45) is 0 Å². The van der Waals surface area contributed by atoms with Gasteiger partial charge in [-0.15, -0.1) is 0 Å². The van der Waals surface area contributed by atoms with Gasteiger partial charge in [-0.2, -0.15) is 0 Å². The molecule has 2 aromatic carbocycles. The molecule has 2 aromatic rings. The Bertz CT molecular complexity index is 870. The fourth-order valence-corrected chi connectivity index (χ4v) is 2.73. The Morgan fingerprint density at radius 2 is 1.59 bits per heavy atom. The van der Waals surface area contributed by atoms with Crippen molar-refractivity contribution in [3.63, 3.8) is 0 Å². The number of anilines is 3. The summed E-state index contributed by atoms with van der Waals surface area (Å²) in [7, 11) is 0. The van der Waals surface area contributed by atoms with Crippen LogP contribution in [0.15, 0.2) is 48.5 Å². The van der Waals surface area contributed by atoms with Gasteiger partial charge < -0.3 is 16.0 Å². The molecule has 0 fully saturated rings. The molecule has 0 bridgehead atoms. The molecule has 0 aliphatic heterocycles. The van der Waals surface area contributed by atoms with E-state index in [1.807, 2.05) is 6.92 Å². The number of nitrogens with one attached hydrogen (secondary N) is 3. The Labute approximate surface area is 169 Å². The Hall–Kier alpha value is -3.26. The third kappa shape index (κ3) is 7.00. The summed E-state index contributed by atoms with van der Waals surface area (Å²) in [6, 6.07) is 11.8. The van der Waals surface area contributed by atoms with Crippen molar-refractivity contribution in [1.29, 1.82) is 0 Å². The Morgan fingerprint density at radius 1 is 0.966 bits per heavy atom. The second kappa shape index (κ2) is 10.3. The molecule has 2 rings (SSSR count). The Morgan fingerprint density at radius 3 is 2.14 bits per heavy atom. The second-order valence-electron chi connectivity index (χ2n) is 6.55. The van der Waals surface area contributed by atoms with Gasteiger partial charge in [0.1, 0.15) is 5.82 Å². The minimum absolute atomic E-state index is 0.0156. The van der Waals surface area contributed by atoms with E-state index in [4.69, 9.17) is 0 Å². The molecular weight excluding hydrogens is 375 g/mol. The first-order valence-corrected chi connectivity index (χ1v) is 9.26. The number of nitrogens with zero attached hydrogens (tertiary/aromatic N) is 1. The van der Waals surface area contributed by atoms with E-state index in [0.29, 0.717) is 23.6 Å². The van der Waals surface area contributed by atoms with Gasteiger partial charge in [0.2, 0.25) is 17.7 Å². The summed E-state index contributed by atoms with van der Waals surface area (Å²) < 4.78 is 13.3. The smallest absolute Gasteiger partial charge is 0.241 e. The quantitative estimate of drug-likeness (QED) is 0.635. The van der Waals surface area contributed by atoms with Crippen molar-refractivity contribution in [2.75, 3.05) is 29.0 Å². The summed E-state index contributed by atoms with van der Waals surface area (Å²) in [6.07, 6.45) is 0. The minimum Gasteiger partial charge on any atom is -0.326 e. The molecule has 29 heavy (non-hydrogen) atoms. The van der Waals surface area contributed by atoms with Crippen molar-refractivity contribution in [3.8, 4) is 0 Å². The number of likely N-dealkylation sites (N-methyl/N-ethyl adjacent to an activating group) is 1. The monoisotopic (exact) mass is 400 g/mol. The highest BCUT2D eigenvalue weighted by atomic mass is 19.1. The topological polar surface area (TPSA) is 90.5 Å². The van der Waals surface area contributed by atoms with Crippen LogP contribution in [0.5, 0.6) is 0 Å². The molecule has 0 saturated carbocycles. The normalized spacial score (nSPS) is 11.6. The van der Waals surface area contributed by atoms with Crippen LogP contribution in [0.4, 0.5) is 21.5 Å². The molecule has 0 heterocycles. The van der Waals surface area contributed by atoms with E-state index in [9.17, 15) is 18.8 Å². The standard InChI is InChI=1S/C21H25FN4O3/c1-4-26(14(2)21(29)25-19-7-5-6-16(22)12-19)13-20(28)24-18-10-8-17(9-11-18)23-15(3)27/h5-12,14H,4,13H2,1-3H3,(H,23,27)(H,24,28)(H,25,29). The summed E-state index contributed by atoms with van der Waals surface area (Å²) in [5.74, 6) is -1.22. The third-order valence-electron chi connectivity index (χ3n) is 4.26. The highest BCUT2D eigenvalue weighted by Crippen LogP contribution is 2.14. The second-order valence-corrected chi connectivity index (χ2v) is 6.55. The van der Waals surface area contributed by atoms with Crippen LogP contribution in [0.25, 0.3) is 0 Å². The van der Waals surface area contributed by atoms with Gasteiger partial charge in [0, 0.05) is 24.0 Å². The maximum atomic E-state index is 13.3. The van der Waals surface area contributed by atoms with Gasteiger partial charge in [-0.1, -0.05) is 13.0 Å². The zero-order chi connectivity index (χ0) is 21.4. The lowest BCUT2D eigenvalue weighted by atomic mass is 10.2. The summed E-state index contributed by atoms with van der Waals surface area (Å²) >= 11 is 0. The van der Waals surface area contributed by atoms with E-state index >= 15 is 0 Å². The van der Waals surface area contributed by atoms with Crippen molar-refractivity contribution in [2.45, 2.75) is 26.8 Å². The molecular formula is C21H25FN4O3. The fourth-order valence-electron chi connectivity index (χ4n) is 2.73. The van der Waals surface area contributed by atoms with Crippen molar-refractivity contribution in [3.05, 3.63) is 54.3 Å². The first-order valence-electron chi connectivity index (χ1n) is 9.26. The van der Waals surface area contributed by atoms with Gasteiger partial charge >= 0.3 is 0 Å². The maximum absolute atomic E-state index is 13.3. The van der Waals surface area contributed by atoms with Crippen molar-refractivity contribution in [1.82, 2.24) is 4.90 Å². The average molecular weight is 400 g/mol. The lowest BCUT2D eigenvalue weighted by Crippen LogP contribution is -2.45. The Balaban J connectivity index is 1.92. The van der Waals surface area contributed by atoms with E-state index in [0.717, 1.165) is 0 Å². The highest BCUT2D eigenvalue weighted by Gasteiger charge is 2.22. The van der Waals surface area contributed by atoms with Gasteiger partial charge in [0.25, 0.3) is 0 Å². The fraction of sp³-hybridized carbons (Fsp3) is 0.286. The molecule has 3 amide bonds. The molecule has 0 saturated heterocycles. The summed E-state index contributed by atoms with van der Waals surface area (Å²) in [5.41, 5.74) is 1.58. The summed E-state index contributed by atoms with van der Waals surface area (Å²) in [4.78, 5) is 37.6. The van der Waals surface area contributed by atoms with Gasteiger partial charge in [0.15, 0.2) is 0 Å². The van der Waals surface area contributed by atoms with Gasteiger partial charge in [0.05, 0.1) is 12.6 Å². The number of hydrogen-bond acceptors (Lipinski definition) is 4. The van der Waals surface area contributed by atoms with Crippen LogP contribution in [0.3, 0.4) is 0 Å². The zero-order valence-corrected chi connectivity index (χ0v) is 16.7. The maximum Gasteiger partial charge on any atom is 0.241 e. The number of benzene rings is 2. The zero-order valence-electron chi connectivity index (χ0n) is 16.7. The number of carbonyl (C=O) groups is 3. The number of carbonyl (C=O) groups excluding carboxylic acids is 3. The lowest BCUT2D eigenvalue weighted by molar-refractivity contribution is -0.123. The number of halogens is 1. The van der Waals surface area contributed by atoms with Crippen LogP contribution >= 0.6 is 0 Å². The molecule has 0 spiro atoms. The molecule has 0 aliphatic carbocycles. The first kappa shape index (κ1) is 22.0. The van der Waals surface area contributed by atoms with Crippen LogP contribution < -0.4 is 16.0 Å². The van der Waals surface area contributed by atoms with Crippen LogP contribution in [-0.4, -0.2) is 41.8 Å². The third-order valence-corrected chi connectivity index (χ3v) is 4.26. The van der Waals surface area contributed by atoms with Crippen LogP contribution in [0, 0.1) is 5.82 Å². The largest absolute Gasteiger partial charge is 0.326 e. The molecule has 0 radical (unpaired) electrons. The number of amides is 3. The number of rotatable bonds is 8. The average Bonchev–Trinajstić information content (AvgIpc) is 2.66. The summed E-state index contributed by atoms with van der Waals surface area (Å²) in [6.45, 7) is 5.45. The molecule has 1 unspecified atom stereocenters. The van der Waals surface area contributed by atoms with Crippen LogP contribution in [-0.2, 0) is 14.4 Å². The molecule has 0 aliphatic rings. The van der Waals surface area contributed by atoms with E-state index in [2.05, 4.69) is 16.0 Å². The van der Waals surface area contributed by atoms with Gasteiger partial charge in [-0.05, 0) is 55.9 Å². The van der Waals surface area contributed by atoms with E-state index in [1.54, 1.807) is 42.2 Å². The van der Waals surface area contributed by atoms with E-state index in [1.165, 1.54) is 25.1 Å². The molecule has 3 N–H and O–H groups in total. The molecule has 8 heteroatoms. The first-order chi connectivity index (χ1) is 13.8. The molecule has 0 aromatic heterocycles. The highest BCUT2D eigenvalue weighted by molar-refractivity contribution is 5.96. The van der Waals surface area contributed by atoms with Gasteiger partial charge in [-0.25, -0.2) is 4.39 Å². The lowest BCUT2D eigenvalue weighted by Gasteiger charge is -2.26. The SMILES string of the molecule is CCN(CC(=O)Nc1ccc(NC(C)=O)cc1)C(C)C(=O)Nc1cccc(F)c1. The van der Waals surface area contributed by atoms with Gasteiger partial charge in [-0.3, -0.25) is 19.3 Å². The van der Waals surface area contributed by atoms with Crippen molar-refractivity contribution >= 4 is 34.8 Å². The van der Waals surface area contributed by atoms with E-state index < -0.39 is 11.9 Å². The predicted molar refractivity (Wildman–Crippen MR) is 111 cm³/mol. The van der Waals surface area contributed by atoms with E-state index in [-0.39, 0.29) is 24.3 Å². The minimum atomic E-state index is -0.587. The molecule has 1 atom stereocenters. The molecule has 7 nitrogen and oxygen atoms in total. The van der Waals surface area contributed by atoms with Crippen molar-refractivity contribution < 1.29 is 18.8 Å². The summed E-state index contributed by atoms with van der Waals surface area (Å²) in [5, 5.41) is 8.07. The van der Waals surface area contributed by atoms with Crippen LogP contribution in [0.2, 0.25) is 0 Å². The Kier molecular flexibility index (Phi) is 7.85. The van der Waals surface area contributed by atoms with Crippen LogP contribution in [0.1, 0.15) is 20.8 Å². The predicted octanol–water partition coefficient (Wildman–Crippen LogP) is 3.07.